The summed E-state index contributed by atoms with van der Waals surface area (Å²) in [4.78, 5) is 11.8. The number of para-hydroxylation sites is 1. The van der Waals surface area contributed by atoms with Crippen LogP contribution in [0.15, 0.2) is 41.5 Å². The first-order chi connectivity index (χ1) is 8.22. The lowest BCUT2D eigenvalue weighted by atomic mass is 10.0. The molecule has 0 amide bonds. The Balaban J connectivity index is 2.90. The molecule has 1 rings (SSSR count). The first-order valence-corrected chi connectivity index (χ1v) is 5.62. The third-order valence-corrected chi connectivity index (χ3v) is 2.48. The highest BCUT2D eigenvalue weighted by Crippen LogP contribution is 2.16. The summed E-state index contributed by atoms with van der Waals surface area (Å²) in [6.45, 7) is 3.85. The molecule has 0 N–H and O–H groups in total. The van der Waals surface area contributed by atoms with Gasteiger partial charge in [0.2, 0.25) is 0 Å². The van der Waals surface area contributed by atoms with E-state index in [2.05, 4.69) is 0 Å². The standard InChI is InChI=1S/C14H15NO2/c1-3-11(4-2)13(10-15)14(16)17-12-8-6-5-7-9-12/h5-9H,3-4H2,1-2H3. The van der Waals surface area contributed by atoms with Crippen molar-refractivity contribution in [1.29, 1.82) is 5.26 Å². The lowest BCUT2D eigenvalue weighted by Crippen LogP contribution is -2.12. The summed E-state index contributed by atoms with van der Waals surface area (Å²) in [5.74, 6) is -0.116. The van der Waals surface area contributed by atoms with Crippen LogP contribution in [0.2, 0.25) is 0 Å². The maximum atomic E-state index is 11.8. The number of allylic oxidation sites excluding steroid dienone is 1. The molecule has 0 atom stereocenters. The van der Waals surface area contributed by atoms with Gasteiger partial charge in [0.05, 0.1) is 0 Å². The Bertz CT molecular complexity index is 449. The summed E-state index contributed by atoms with van der Waals surface area (Å²) in [5.41, 5.74) is 0.951. The van der Waals surface area contributed by atoms with Crippen LogP contribution in [-0.4, -0.2) is 5.97 Å². The number of hydrogen-bond donors (Lipinski definition) is 0. The summed E-state index contributed by atoms with van der Waals surface area (Å²) < 4.78 is 5.13. The van der Waals surface area contributed by atoms with Crippen LogP contribution in [0.4, 0.5) is 0 Å². The third kappa shape index (κ3) is 3.46. The zero-order chi connectivity index (χ0) is 12.7. The van der Waals surface area contributed by atoms with Gasteiger partial charge in [0.25, 0.3) is 0 Å². The van der Waals surface area contributed by atoms with Gasteiger partial charge in [-0.15, -0.1) is 0 Å². The number of nitriles is 1. The average molecular weight is 229 g/mol. The Morgan fingerprint density at radius 1 is 1.24 bits per heavy atom. The predicted molar refractivity (Wildman–Crippen MR) is 65.3 cm³/mol. The van der Waals surface area contributed by atoms with Crippen LogP contribution < -0.4 is 4.74 Å². The van der Waals surface area contributed by atoms with Gasteiger partial charge in [-0.3, -0.25) is 0 Å². The Morgan fingerprint density at radius 2 is 1.82 bits per heavy atom. The first-order valence-electron chi connectivity index (χ1n) is 5.62. The fourth-order valence-corrected chi connectivity index (χ4v) is 1.52. The van der Waals surface area contributed by atoms with E-state index in [-0.39, 0.29) is 5.57 Å². The second-order valence-corrected chi connectivity index (χ2v) is 3.50. The van der Waals surface area contributed by atoms with Gasteiger partial charge in [-0.25, -0.2) is 4.79 Å². The van der Waals surface area contributed by atoms with Gasteiger partial charge in [-0.2, -0.15) is 5.26 Å². The zero-order valence-corrected chi connectivity index (χ0v) is 10.1. The predicted octanol–water partition coefficient (Wildman–Crippen LogP) is 3.23. The molecular formula is C14H15NO2. The lowest BCUT2D eigenvalue weighted by molar-refractivity contribution is -0.129. The molecule has 0 saturated carbocycles. The van der Waals surface area contributed by atoms with Gasteiger partial charge in [-0.1, -0.05) is 32.0 Å². The summed E-state index contributed by atoms with van der Waals surface area (Å²) in [6.07, 6.45) is 1.37. The summed E-state index contributed by atoms with van der Waals surface area (Å²) >= 11 is 0. The number of carbonyl (C=O) groups is 1. The smallest absolute Gasteiger partial charge is 0.354 e. The molecular weight excluding hydrogens is 214 g/mol. The SMILES string of the molecule is CCC(CC)=C(C#N)C(=O)Oc1ccccc1. The first kappa shape index (κ1) is 13.0. The molecule has 0 saturated heterocycles. The quantitative estimate of drug-likeness (QED) is 0.344. The molecule has 0 radical (unpaired) electrons. The maximum Gasteiger partial charge on any atom is 0.354 e. The largest absolute Gasteiger partial charge is 0.422 e. The van der Waals surface area contributed by atoms with E-state index in [4.69, 9.17) is 10.00 Å². The molecule has 0 aliphatic rings. The van der Waals surface area contributed by atoms with E-state index in [1.54, 1.807) is 24.3 Å². The molecule has 3 heteroatoms. The molecule has 0 spiro atoms. The fourth-order valence-electron chi connectivity index (χ4n) is 1.52. The van der Waals surface area contributed by atoms with Crippen LogP contribution in [0.5, 0.6) is 5.75 Å². The number of hydrogen-bond acceptors (Lipinski definition) is 3. The van der Waals surface area contributed by atoms with Gasteiger partial charge in [0.1, 0.15) is 17.4 Å². The Hall–Kier alpha value is -2.08. The molecule has 0 bridgehead atoms. The van der Waals surface area contributed by atoms with Crippen molar-refractivity contribution >= 4 is 5.97 Å². The molecule has 1 aromatic carbocycles. The van der Waals surface area contributed by atoms with Crippen molar-refractivity contribution in [1.82, 2.24) is 0 Å². The molecule has 1 aromatic rings. The normalized spacial score (nSPS) is 9.24. The highest BCUT2D eigenvalue weighted by Gasteiger charge is 2.15. The van der Waals surface area contributed by atoms with E-state index in [0.29, 0.717) is 18.6 Å². The van der Waals surface area contributed by atoms with Crippen molar-refractivity contribution in [3.63, 3.8) is 0 Å². The van der Waals surface area contributed by atoms with Crippen LogP contribution in [0.3, 0.4) is 0 Å². The number of carbonyl (C=O) groups excluding carboxylic acids is 1. The summed E-state index contributed by atoms with van der Waals surface area (Å²) in [5, 5.41) is 9.00. The van der Waals surface area contributed by atoms with Crippen molar-refractivity contribution in [3.05, 3.63) is 41.5 Å². The molecule has 0 aromatic heterocycles. The molecule has 0 aliphatic carbocycles. The van der Waals surface area contributed by atoms with E-state index in [1.807, 2.05) is 26.0 Å². The van der Waals surface area contributed by atoms with Crippen LogP contribution in [0, 0.1) is 11.3 Å². The number of esters is 1. The van der Waals surface area contributed by atoms with Gasteiger partial charge >= 0.3 is 5.97 Å². The van der Waals surface area contributed by atoms with Gasteiger partial charge in [-0.05, 0) is 30.5 Å². The highest BCUT2D eigenvalue weighted by atomic mass is 16.5. The van der Waals surface area contributed by atoms with E-state index in [1.165, 1.54) is 0 Å². The molecule has 3 nitrogen and oxygen atoms in total. The van der Waals surface area contributed by atoms with Crippen molar-refractivity contribution in [2.45, 2.75) is 26.7 Å². The van der Waals surface area contributed by atoms with Crippen molar-refractivity contribution in [2.75, 3.05) is 0 Å². The minimum absolute atomic E-state index is 0.124. The molecule has 0 unspecified atom stereocenters. The fraction of sp³-hybridized carbons (Fsp3) is 0.286. The Labute approximate surface area is 101 Å². The van der Waals surface area contributed by atoms with E-state index in [0.717, 1.165) is 5.57 Å². The monoisotopic (exact) mass is 229 g/mol. The van der Waals surface area contributed by atoms with Crippen LogP contribution in [0.25, 0.3) is 0 Å². The lowest BCUT2D eigenvalue weighted by Gasteiger charge is -2.06. The summed E-state index contributed by atoms with van der Waals surface area (Å²) in [6, 6.07) is 10.7. The van der Waals surface area contributed by atoms with Crippen molar-refractivity contribution < 1.29 is 9.53 Å². The van der Waals surface area contributed by atoms with Gasteiger partial charge < -0.3 is 4.74 Å². The van der Waals surface area contributed by atoms with E-state index < -0.39 is 5.97 Å². The molecule has 0 aliphatic heterocycles. The third-order valence-electron chi connectivity index (χ3n) is 2.48. The topological polar surface area (TPSA) is 50.1 Å². The molecule has 17 heavy (non-hydrogen) atoms. The second-order valence-electron chi connectivity index (χ2n) is 3.50. The molecule has 0 heterocycles. The second kappa shape index (κ2) is 6.49. The number of benzene rings is 1. The summed E-state index contributed by atoms with van der Waals surface area (Å²) in [7, 11) is 0. The minimum atomic E-state index is -0.572. The Morgan fingerprint density at radius 3 is 2.29 bits per heavy atom. The van der Waals surface area contributed by atoms with Crippen molar-refractivity contribution in [2.24, 2.45) is 0 Å². The van der Waals surface area contributed by atoms with Crippen LogP contribution >= 0.6 is 0 Å². The Kier molecular flexibility index (Phi) is 4.96. The van der Waals surface area contributed by atoms with Gasteiger partial charge in [0, 0.05) is 0 Å². The van der Waals surface area contributed by atoms with Crippen LogP contribution in [-0.2, 0) is 4.79 Å². The maximum absolute atomic E-state index is 11.8. The average Bonchev–Trinajstić information content (AvgIpc) is 2.36. The molecule has 88 valence electrons. The number of ether oxygens (including phenoxy) is 1. The minimum Gasteiger partial charge on any atom is -0.422 e. The number of rotatable bonds is 4. The van der Waals surface area contributed by atoms with E-state index in [9.17, 15) is 4.79 Å². The molecule has 0 fully saturated rings. The van der Waals surface area contributed by atoms with Crippen molar-refractivity contribution in [3.8, 4) is 11.8 Å². The van der Waals surface area contributed by atoms with Crippen LogP contribution in [0.1, 0.15) is 26.7 Å². The zero-order valence-electron chi connectivity index (χ0n) is 10.1. The van der Waals surface area contributed by atoms with Gasteiger partial charge in [0.15, 0.2) is 0 Å². The number of nitrogens with zero attached hydrogens (tertiary/aromatic N) is 1. The van der Waals surface area contributed by atoms with E-state index >= 15 is 0 Å². The highest BCUT2D eigenvalue weighted by molar-refractivity contribution is 5.95.